The Morgan fingerprint density at radius 1 is 1.58 bits per heavy atom. The average Bonchev–Trinajstić information content (AvgIpc) is 2.39. The van der Waals surface area contributed by atoms with Gasteiger partial charge >= 0.3 is 12.0 Å². The molecule has 0 radical (unpaired) electrons. The van der Waals surface area contributed by atoms with Gasteiger partial charge in [0.25, 0.3) is 0 Å². The Hall–Kier alpha value is -0.950. The maximum Gasteiger partial charge on any atom is 0.328 e. The monoisotopic (exact) mass is 290 g/mol. The van der Waals surface area contributed by atoms with E-state index >= 15 is 0 Å². The molecule has 0 bridgehead atoms. The summed E-state index contributed by atoms with van der Waals surface area (Å²) >= 11 is 1.83. The highest BCUT2D eigenvalue weighted by atomic mass is 32.2. The first kappa shape index (κ1) is 16.1. The van der Waals surface area contributed by atoms with Crippen molar-refractivity contribution < 1.29 is 19.4 Å². The van der Waals surface area contributed by atoms with Gasteiger partial charge in [-0.2, -0.15) is 11.8 Å². The summed E-state index contributed by atoms with van der Waals surface area (Å²) in [4.78, 5) is 24.4. The van der Waals surface area contributed by atoms with E-state index in [-0.39, 0.29) is 18.7 Å². The molecule has 0 aromatic heterocycles. The molecule has 1 aliphatic heterocycles. The summed E-state index contributed by atoms with van der Waals surface area (Å²) in [6, 6.07) is -1.15. The maximum absolute atomic E-state index is 12.0. The average molecular weight is 290 g/mol. The van der Waals surface area contributed by atoms with Crippen molar-refractivity contribution in [2.75, 3.05) is 31.3 Å². The summed E-state index contributed by atoms with van der Waals surface area (Å²) in [7, 11) is 0. The van der Waals surface area contributed by atoms with Crippen LogP contribution in [0, 0.1) is 0 Å². The van der Waals surface area contributed by atoms with Crippen LogP contribution in [0.15, 0.2) is 0 Å². The number of nitrogens with zero attached hydrogens (tertiary/aromatic N) is 1. The number of thioether (sulfide) groups is 1. The van der Waals surface area contributed by atoms with Crippen LogP contribution in [0.4, 0.5) is 4.79 Å². The second-order valence-corrected chi connectivity index (χ2v) is 5.85. The Morgan fingerprint density at radius 2 is 2.32 bits per heavy atom. The van der Waals surface area contributed by atoms with E-state index in [1.165, 1.54) is 4.90 Å². The molecule has 19 heavy (non-hydrogen) atoms. The highest BCUT2D eigenvalue weighted by molar-refractivity contribution is 7.99. The summed E-state index contributed by atoms with van der Waals surface area (Å²) in [5.74, 6) is 1.03. The zero-order valence-electron chi connectivity index (χ0n) is 11.4. The quantitative estimate of drug-likeness (QED) is 0.714. The Morgan fingerprint density at radius 3 is 2.95 bits per heavy atom. The predicted molar refractivity (Wildman–Crippen MR) is 74.6 cm³/mol. The first-order valence-electron chi connectivity index (χ1n) is 6.51. The lowest BCUT2D eigenvalue weighted by atomic mass is 10.2. The number of urea groups is 1. The van der Waals surface area contributed by atoms with Gasteiger partial charge < -0.3 is 20.1 Å². The van der Waals surface area contributed by atoms with Gasteiger partial charge in [-0.3, -0.25) is 0 Å². The van der Waals surface area contributed by atoms with Gasteiger partial charge in [0.15, 0.2) is 6.04 Å². The second-order valence-electron chi connectivity index (χ2n) is 4.46. The molecule has 1 aliphatic rings. The van der Waals surface area contributed by atoms with E-state index in [0.717, 1.165) is 17.9 Å². The SMILES string of the molecule is CCSCCC(C)NC(=O)N1CCOCC1C(=O)O. The lowest BCUT2D eigenvalue weighted by molar-refractivity contribution is -0.147. The third-order valence-corrected chi connectivity index (χ3v) is 3.88. The highest BCUT2D eigenvalue weighted by Gasteiger charge is 2.33. The van der Waals surface area contributed by atoms with Crippen LogP contribution in [0.25, 0.3) is 0 Å². The van der Waals surface area contributed by atoms with Crippen molar-refractivity contribution >= 4 is 23.8 Å². The Kier molecular flexibility index (Phi) is 7.01. The highest BCUT2D eigenvalue weighted by Crippen LogP contribution is 2.09. The third kappa shape index (κ3) is 5.28. The first-order chi connectivity index (χ1) is 9.06. The molecule has 1 fully saturated rings. The van der Waals surface area contributed by atoms with E-state index in [2.05, 4.69) is 12.2 Å². The fraction of sp³-hybridized carbons (Fsp3) is 0.833. The van der Waals surface area contributed by atoms with Crippen molar-refractivity contribution in [2.45, 2.75) is 32.4 Å². The van der Waals surface area contributed by atoms with E-state index in [9.17, 15) is 9.59 Å². The number of aliphatic carboxylic acids is 1. The van der Waals surface area contributed by atoms with E-state index in [0.29, 0.717) is 13.2 Å². The van der Waals surface area contributed by atoms with Crippen molar-refractivity contribution in [3.8, 4) is 0 Å². The van der Waals surface area contributed by atoms with E-state index in [4.69, 9.17) is 9.84 Å². The number of hydrogen-bond acceptors (Lipinski definition) is 4. The molecular weight excluding hydrogens is 268 g/mol. The van der Waals surface area contributed by atoms with Crippen molar-refractivity contribution in [3.05, 3.63) is 0 Å². The Bertz CT molecular complexity index is 314. The van der Waals surface area contributed by atoms with Crippen molar-refractivity contribution in [1.82, 2.24) is 10.2 Å². The molecule has 0 aromatic carbocycles. The number of carbonyl (C=O) groups is 2. The predicted octanol–water partition coefficient (Wildman–Crippen LogP) is 1.01. The molecule has 0 saturated carbocycles. The number of carboxylic acid groups (broad SMARTS) is 1. The maximum atomic E-state index is 12.0. The van der Waals surface area contributed by atoms with Crippen LogP contribution < -0.4 is 5.32 Å². The normalized spacial score (nSPS) is 20.9. The van der Waals surface area contributed by atoms with Crippen molar-refractivity contribution in [2.24, 2.45) is 0 Å². The molecule has 0 aliphatic carbocycles. The molecule has 1 saturated heterocycles. The first-order valence-corrected chi connectivity index (χ1v) is 7.67. The minimum atomic E-state index is -1.02. The van der Waals surface area contributed by atoms with Crippen LogP contribution in [0.1, 0.15) is 20.3 Å². The molecule has 2 N–H and O–H groups in total. The van der Waals surface area contributed by atoms with Crippen molar-refractivity contribution in [3.63, 3.8) is 0 Å². The molecule has 2 atom stereocenters. The molecule has 2 amide bonds. The van der Waals surface area contributed by atoms with E-state index in [1.807, 2.05) is 18.7 Å². The second kappa shape index (κ2) is 8.27. The van der Waals surface area contributed by atoms with E-state index < -0.39 is 12.0 Å². The molecule has 110 valence electrons. The number of carbonyl (C=O) groups excluding carboxylic acids is 1. The smallest absolute Gasteiger partial charge is 0.328 e. The summed E-state index contributed by atoms with van der Waals surface area (Å²) in [6.07, 6.45) is 0.881. The fourth-order valence-electron chi connectivity index (χ4n) is 1.82. The van der Waals surface area contributed by atoms with Gasteiger partial charge in [0, 0.05) is 12.6 Å². The summed E-state index contributed by atoms with van der Waals surface area (Å²) in [6.45, 7) is 4.79. The number of rotatable bonds is 6. The minimum absolute atomic E-state index is 0.0452. The standard InChI is InChI=1S/C12H22N2O4S/c1-3-19-7-4-9(2)13-12(17)14-5-6-18-8-10(14)11(15)16/h9-10H,3-8H2,1-2H3,(H,13,17)(H,15,16). The number of carboxylic acids is 1. The van der Waals surface area contributed by atoms with Crippen LogP contribution in [-0.4, -0.2) is 65.4 Å². The van der Waals surface area contributed by atoms with Gasteiger partial charge in [-0.05, 0) is 24.9 Å². The topological polar surface area (TPSA) is 78.9 Å². The molecule has 0 spiro atoms. The van der Waals surface area contributed by atoms with Crippen molar-refractivity contribution in [1.29, 1.82) is 0 Å². The van der Waals surface area contributed by atoms with Crippen LogP contribution >= 0.6 is 11.8 Å². The summed E-state index contributed by atoms with van der Waals surface area (Å²) < 4.78 is 5.10. The summed E-state index contributed by atoms with van der Waals surface area (Å²) in [5, 5.41) is 11.9. The van der Waals surface area contributed by atoms with Crippen LogP contribution in [-0.2, 0) is 9.53 Å². The van der Waals surface area contributed by atoms with Crippen LogP contribution in [0.5, 0.6) is 0 Å². The van der Waals surface area contributed by atoms with Gasteiger partial charge in [0.2, 0.25) is 0 Å². The minimum Gasteiger partial charge on any atom is -0.480 e. The largest absolute Gasteiger partial charge is 0.480 e. The van der Waals surface area contributed by atoms with Gasteiger partial charge in [-0.25, -0.2) is 9.59 Å². The van der Waals surface area contributed by atoms with E-state index in [1.54, 1.807) is 0 Å². The molecule has 7 heteroatoms. The number of nitrogens with one attached hydrogen (secondary N) is 1. The molecule has 6 nitrogen and oxygen atoms in total. The molecule has 0 aromatic rings. The molecule has 1 rings (SSSR count). The molecular formula is C12H22N2O4S. The number of ether oxygens (including phenoxy) is 1. The van der Waals surface area contributed by atoms with Gasteiger partial charge in [-0.1, -0.05) is 6.92 Å². The molecule has 2 unspecified atom stereocenters. The number of morpholine rings is 1. The zero-order chi connectivity index (χ0) is 14.3. The Labute approximate surface area is 117 Å². The molecule has 1 heterocycles. The number of amides is 2. The zero-order valence-corrected chi connectivity index (χ0v) is 12.2. The van der Waals surface area contributed by atoms with Crippen LogP contribution in [0.3, 0.4) is 0 Å². The van der Waals surface area contributed by atoms with Crippen LogP contribution in [0.2, 0.25) is 0 Å². The van der Waals surface area contributed by atoms with Gasteiger partial charge in [-0.15, -0.1) is 0 Å². The Balaban J connectivity index is 2.43. The lowest BCUT2D eigenvalue weighted by Gasteiger charge is -2.33. The fourth-order valence-corrected chi connectivity index (χ4v) is 2.63. The van der Waals surface area contributed by atoms with Gasteiger partial charge in [0.1, 0.15) is 0 Å². The third-order valence-electron chi connectivity index (χ3n) is 2.94. The summed E-state index contributed by atoms with van der Waals surface area (Å²) in [5.41, 5.74) is 0. The van der Waals surface area contributed by atoms with Gasteiger partial charge in [0.05, 0.1) is 13.2 Å². The lowest BCUT2D eigenvalue weighted by Crippen LogP contribution is -2.56. The number of hydrogen-bond donors (Lipinski definition) is 2.